The third-order valence-corrected chi connectivity index (χ3v) is 5.16. The average molecular weight is 329 g/mol. The van der Waals surface area contributed by atoms with Crippen LogP contribution < -0.4 is 16.2 Å². The third-order valence-electron chi connectivity index (χ3n) is 3.06. The van der Waals surface area contributed by atoms with Crippen molar-refractivity contribution in [2.45, 2.75) is 13.3 Å². The summed E-state index contributed by atoms with van der Waals surface area (Å²) in [5.41, 5.74) is 2.45. The molecular weight excluding hydrogens is 310 g/mol. The van der Waals surface area contributed by atoms with Crippen LogP contribution in [0.1, 0.15) is 11.8 Å². The van der Waals surface area contributed by atoms with E-state index in [4.69, 9.17) is 5.84 Å². The van der Waals surface area contributed by atoms with Gasteiger partial charge >= 0.3 is 0 Å². The standard InChI is InChI=1S/C12H19N5O2S2/c1-4-8-7-9-10(17(2)5-6-21(3,18)19)14-12(16-13)15-11(9)20-8/h7H,4-6,13H2,1-3H3,(H,14,15,16). The molecule has 0 aliphatic carbocycles. The van der Waals surface area contributed by atoms with Gasteiger partial charge in [0.15, 0.2) is 0 Å². The molecule has 0 radical (unpaired) electrons. The minimum atomic E-state index is -3.02. The van der Waals surface area contributed by atoms with Crippen molar-refractivity contribution in [3.8, 4) is 0 Å². The molecule has 2 aromatic rings. The van der Waals surface area contributed by atoms with E-state index < -0.39 is 9.84 Å². The maximum absolute atomic E-state index is 11.3. The van der Waals surface area contributed by atoms with Gasteiger partial charge < -0.3 is 4.90 Å². The molecule has 0 amide bonds. The monoisotopic (exact) mass is 329 g/mol. The first kappa shape index (κ1) is 15.9. The van der Waals surface area contributed by atoms with Crippen molar-refractivity contribution in [3.63, 3.8) is 0 Å². The van der Waals surface area contributed by atoms with Gasteiger partial charge in [-0.1, -0.05) is 6.92 Å². The fourth-order valence-corrected chi connectivity index (χ4v) is 3.46. The smallest absolute Gasteiger partial charge is 0.240 e. The average Bonchev–Trinajstić information content (AvgIpc) is 2.85. The van der Waals surface area contributed by atoms with Gasteiger partial charge in [-0.25, -0.2) is 19.2 Å². The number of fused-ring (bicyclic) bond motifs is 1. The van der Waals surface area contributed by atoms with Gasteiger partial charge in [0.25, 0.3) is 0 Å². The summed E-state index contributed by atoms with van der Waals surface area (Å²) >= 11 is 1.59. The van der Waals surface area contributed by atoms with Crippen LogP contribution in [0.4, 0.5) is 11.8 Å². The van der Waals surface area contributed by atoms with E-state index in [1.165, 1.54) is 11.1 Å². The zero-order chi connectivity index (χ0) is 15.6. The lowest BCUT2D eigenvalue weighted by Gasteiger charge is -2.18. The molecule has 0 saturated heterocycles. The molecule has 2 aromatic heterocycles. The highest BCUT2D eigenvalue weighted by Crippen LogP contribution is 2.31. The SMILES string of the molecule is CCc1cc2c(N(C)CCS(C)(=O)=O)nc(NN)nc2s1. The number of nitrogens with two attached hydrogens (primary N) is 1. The highest BCUT2D eigenvalue weighted by molar-refractivity contribution is 7.90. The van der Waals surface area contributed by atoms with Crippen molar-refractivity contribution >= 4 is 43.2 Å². The lowest BCUT2D eigenvalue weighted by molar-refractivity contribution is 0.601. The van der Waals surface area contributed by atoms with Gasteiger partial charge in [0, 0.05) is 24.7 Å². The van der Waals surface area contributed by atoms with E-state index in [9.17, 15) is 8.42 Å². The molecule has 0 spiro atoms. The molecule has 0 aliphatic rings. The Morgan fingerprint density at radius 3 is 2.71 bits per heavy atom. The number of thiophene rings is 1. The first-order valence-electron chi connectivity index (χ1n) is 6.50. The molecule has 116 valence electrons. The van der Waals surface area contributed by atoms with Crippen LogP contribution in [0.5, 0.6) is 0 Å². The maximum Gasteiger partial charge on any atom is 0.240 e. The molecule has 0 aliphatic heterocycles. The molecule has 2 heterocycles. The number of hydrazine groups is 1. The van der Waals surface area contributed by atoms with E-state index in [0.29, 0.717) is 18.3 Å². The summed E-state index contributed by atoms with van der Waals surface area (Å²) in [6, 6.07) is 2.05. The Bertz CT molecular complexity index is 741. The summed E-state index contributed by atoms with van der Waals surface area (Å²) in [5.74, 6) is 6.50. The van der Waals surface area contributed by atoms with E-state index in [-0.39, 0.29) is 5.75 Å². The Balaban J connectivity index is 2.42. The molecule has 9 heteroatoms. The Kier molecular flexibility index (Phi) is 4.64. The quantitative estimate of drug-likeness (QED) is 0.602. The zero-order valence-corrected chi connectivity index (χ0v) is 13.9. The first-order valence-corrected chi connectivity index (χ1v) is 9.37. The molecule has 0 saturated carbocycles. The molecular formula is C12H19N5O2S2. The highest BCUT2D eigenvalue weighted by Gasteiger charge is 2.15. The fourth-order valence-electron chi connectivity index (χ4n) is 1.89. The van der Waals surface area contributed by atoms with Gasteiger partial charge in [-0.3, -0.25) is 5.43 Å². The van der Waals surface area contributed by atoms with Crippen molar-refractivity contribution in [2.75, 3.05) is 35.9 Å². The van der Waals surface area contributed by atoms with Crippen molar-refractivity contribution in [3.05, 3.63) is 10.9 Å². The van der Waals surface area contributed by atoms with Gasteiger partial charge in [-0.05, 0) is 12.5 Å². The van der Waals surface area contributed by atoms with E-state index in [1.54, 1.807) is 11.3 Å². The molecule has 2 rings (SSSR count). The topological polar surface area (TPSA) is 101 Å². The molecule has 0 unspecified atom stereocenters. The van der Waals surface area contributed by atoms with Crippen LogP contribution in [-0.4, -0.2) is 44.0 Å². The Labute approximate surface area is 128 Å². The summed E-state index contributed by atoms with van der Waals surface area (Å²) in [6.07, 6.45) is 2.14. The fraction of sp³-hybridized carbons (Fsp3) is 0.500. The molecule has 0 fully saturated rings. The Hall–Kier alpha value is -1.45. The van der Waals surface area contributed by atoms with Gasteiger partial charge in [0.05, 0.1) is 11.1 Å². The largest absolute Gasteiger partial charge is 0.358 e. The van der Waals surface area contributed by atoms with Crippen LogP contribution in [0, 0.1) is 0 Å². The zero-order valence-electron chi connectivity index (χ0n) is 12.3. The predicted octanol–water partition coefficient (Wildman–Crippen LogP) is 1.02. The molecule has 0 atom stereocenters. The second kappa shape index (κ2) is 6.12. The summed E-state index contributed by atoms with van der Waals surface area (Å²) in [6.45, 7) is 2.44. The number of nitrogens with zero attached hydrogens (tertiary/aromatic N) is 3. The Morgan fingerprint density at radius 2 is 2.14 bits per heavy atom. The summed E-state index contributed by atoms with van der Waals surface area (Å²) in [5, 5.41) is 0.923. The highest BCUT2D eigenvalue weighted by atomic mass is 32.2. The second-order valence-electron chi connectivity index (χ2n) is 4.85. The number of nitrogens with one attached hydrogen (secondary N) is 1. The number of rotatable bonds is 6. The van der Waals surface area contributed by atoms with Gasteiger partial charge in [-0.15, -0.1) is 11.3 Å². The van der Waals surface area contributed by atoms with E-state index >= 15 is 0 Å². The third kappa shape index (κ3) is 3.80. The number of nitrogen functional groups attached to an aromatic ring is 1. The number of aryl methyl sites for hydroxylation is 1. The van der Waals surface area contributed by atoms with E-state index in [2.05, 4.69) is 22.3 Å². The normalized spacial score (nSPS) is 11.8. The van der Waals surface area contributed by atoms with Crippen LogP contribution in [-0.2, 0) is 16.3 Å². The molecule has 0 aromatic carbocycles. The lowest BCUT2D eigenvalue weighted by atomic mass is 10.3. The first-order chi connectivity index (χ1) is 9.84. The lowest BCUT2D eigenvalue weighted by Crippen LogP contribution is -2.26. The van der Waals surface area contributed by atoms with Gasteiger partial charge in [-0.2, -0.15) is 4.98 Å². The van der Waals surface area contributed by atoms with Crippen molar-refractivity contribution in [1.82, 2.24) is 9.97 Å². The number of aromatic nitrogens is 2. The Morgan fingerprint density at radius 1 is 1.43 bits per heavy atom. The number of sulfone groups is 1. The number of hydrogen-bond donors (Lipinski definition) is 2. The van der Waals surface area contributed by atoms with Gasteiger partial charge in [0.2, 0.25) is 5.95 Å². The predicted molar refractivity (Wildman–Crippen MR) is 87.6 cm³/mol. The summed E-state index contributed by atoms with van der Waals surface area (Å²) in [4.78, 5) is 12.6. The van der Waals surface area contributed by atoms with Crippen molar-refractivity contribution in [2.24, 2.45) is 5.84 Å². The second-order valence-corrected chi connectivity index (χ2v) is 8.23. The minimum Gasteiger partial charge on any atom is -0.358 e. The van der Waals surface area contributed by atoms with Crippen LogP contribution >= 0.6 is 11.3 Å². The van der Waals surface area contributed by atoms with Crippen LogP contribution in [0.3, 0.4) is 0 Å². The van der Waals surface area contributed by atoms with Crippen LogP contribution in [0.2, 0.25) is 0 Å². The number of hydrogen-bond acceptors (Lipinski definition) is 8. The van der Waals surface area contributed by atoms with Crippen molar-refractivity contribution < 1.29 is 8.42 Å². The van der Waals surface area contributed by atoms with E-state index in [1.807, 2.05) is 18.0 Å². The van der Waals surface area contributed by atoms with Gasteiger partial charge in [0.1, 0.15) is 20.5 Å². The van der Waals surface area contributed by atoms with E-state index in [0.717, 1.165) is 16.6 Å². The minimum absolute atomic E-state index is 0.0746. The van der Waals surface area contributed by atoms with Crippen LogP contribution in [0.15, 0.2) is 6.07 Å². The molecule has 3 N–H and O–H groups in total. The van der Waals surface area contributed by atoms with Crippen molar-refractivity contribution in [1.29, 1.82) is 0 Å². The summed E-state index contributed by atoms with van der Waals surface area (Å²) in [7, 11) is -1.20. The molecule has 0 bridgehead atoms. The molecule has 21 heavy (non-hydrogen) atoms. The maximum atomic E-state index is 11.3. The molecule has 7 nitrogen and oxygen atoms in total. The number of anilines is 2. The summed E-state index contributed by atoms with van der Waals surface area (Å²) < 4.78 is 22.6. The van der Waals surface area contributed by atoms with Crippen LogP contribution in [0.25, 0.3) is 10.2 Å².